The second-order valence-electron chi connectivity index (χ2n) is 12.2. The third-order valence-corrected chi connectivity index (χ3v) is 9.52. The van der Waals surface area contributed by atoms with Gasteiger partial charge in [0.25, 0.3) is 0 Å². The first kappa shape index (κ1) is 26.6. The lowest BCUT2D eigenvalue weighted by atomic mass is 9.84. The van der Waals surface area contributed by atoms with E-state index in [0.717, 1.165) is 40.1 Å². The topological polar surface area (TPSA) is 34.6 Å². The first-order valence-corrected chi connectivity index (χ1v) is 16.0. The first-order valence-electron chi connectivity index (χ1n) is 16.0. The molecule has 1 aliphatic carbocycles. The number of benzene rings is 5. The third kappa shape index (κ3) is 4.14. The standard InChI is InChI=1S/C42H32N4/c1-28-14-8-9-19-31(28)36-26-25-35(29-15-4-2-5-16-29)43-42(44-36)46-38-23-13-11-21-34(38)40-39(46)27-24-33-32-20-10-12-22-37(32)45(41(33)40)30-17-6-3-7-18-30/h2-25,27-28,31H,26H2,1H3. The van der Waals surface area contributed by atoms with Crippen LogP contribution in [0.25, 0.3) is 55.0 Å². The molecule has 3 heterocycles. The molecular weight excluding hydrogens is 560 g/mol. The normalized spacial score (nSPS) is 18.2. The first-order chi connectivity index (χ1) is 22.8. The Morgan fingerprint density at radius 1 is 0.587 bits per heavy atom. The van der Waals surface area contributed by atoms with Crippen molar-refractivity contribution in [3.8, 4) is 5.69 Å². The predicted octanol–water partition coefficient (Wildman–Crippen LogP) is 10.4. The maximum absolute atomic E-state index is 5.46. The lowest BCUT2D eigenvalue weighted by molar-refractivity contribution is 0.631. The van der Waals surface area contributed by atoms with Crippen LogP contribution in [0.4, 0.5) is 0 Å². The van der Waals surface area contributed by atoms with Gasteiger partial charge >= 0.3 is 0 Å². The zero-order valence-corrected chi connectivity index (χ0v) is 25.6. The van der Waals surface area contributed by atoms with E-state index in [9.17, 15) is 0 Å². The Kier molecular flexibility index (Phi) is 6.20. The van der Waals surface area contributed by atoms with E-state index in [2.05, 4.69) is 168 Å². The molecule has 2 atom stereocenters. The Hall–Kier alpha value is -5.74. The van der Waals surface area contributed by atoms with Gasteiger partial charge < -0.3 is 4.57 Å². The van der Waals surface area contributed by atoms with Crippen LogP contribution in [0, 0.1) is 11.8 Å². The van der Waals surface area contributed by atoms with E-state index in [1.165, 1.54) is 32.6 Å². The molecule has 0 saturated heterocycles. The van der Waals surface area contributed by atoms with Crippen molar-refractivity contribution in [2.75, 3.05) is 0 Å². The van der Waals surface area contributed by atoms with Crippen LogP contribution in [0.5, 0.6) is 0 Å². The molecule has 2 aliphatic rings. The number of rotatable bonds is 3. The molecular formula is C42H32N4. The van der Waals surface area contributed by atoms with Crippen LogP contribution in [0.1, 0.15) is 18.9 Å². The van der Waals surface area contributed by atoms with E-state index in [0.29, 0.717) is 11.9 Å². The van der Waals surface area contributed by atoms with E-state index in [1.54, 1.807) is 0 Å². The fraction of sp³-hybridized carbons (Fsp3) is 0.0952. The Balaban J connectivity index is 1.39. The van der Waals surface area contributed by atoms with E-state index in [1.807, 2.05) is 0 Å². The van der Waals surface area contributed by atoms with E-state index in [-0.39, 0.29) is 5.92 Å². The molecule has 7 aromatic rings. The molecule has 46 heavy (non-hydrogen) atoms. The minimum Gasteiger partial charge on any atom is -0.309 e. The summed E-state index contributed by atoms with van der Waals surface area (Å²) in [6, 6.07) is 43.2. The molecule has 9 rings (SSSR count). The van der Waals surface area contributed by atoms with Gasteiger partial charge in [0.05, 0.1) is 27.8 Å². The summed E-state index contributed by atoms with van der Waals surface area (Å²) in [5, 5.41) is 4.87. The summed E-state index contributed by atoms with van der Waals surface area (Å²) < 4.78 is 4.70. The molecule has 0 amide bonds. The highest BCUT2D eigenvalue weighted by molar-refractivity contribution is 6.28. The Bertz CT molecular complexity index is 2450. The second kappa shape index (κ2) is 10.7. The van der Waals surface area contributed by atoms with Gasteiger partial charge in [-0.2, -0.15) is 0 Å². The number of para-hydroxylation sites is 3. The van der Waals surface area contributed by atoms with Crippen molar-refractivity contribution in [2.45, 2.75) is 13.3 Å². The van der Waals surface area contributed by atoms with Crippen molar-refractivity contribution in [2.24, 2.45) is 21.8 Å². The summed E-state index contributed by atoms with van der Waals surface area (Å²) in [7, 11) is 0. The molecule has 0 spiro atoms. The number of aromatic nitrogens is 2. The van der Waals surface area contributed by atoms with Crippen molar-refractivity contribution >= 4 is 61.0 Å². The minimum absolute atomic E-state index is 0.210. The summed E-state index contributed by atoms with van der Waals surface area (Å²) in [4.78, 5) is 10.8. The number of nitrogens with zero attached hydrogens (tertiary/aromatic N) is 4. The molecule has 2 unspecified atom stereocenters. The lowest BCUT2D eigenvalue weighted by Crippen LogP contribution is -2.22. The average molecular weight is 593 g/mol. The van der Waals surface area contributed by atoms with E-state index in [4.69, 9.17) is 9.98 Å². The SMILES string of the molecule is CC1C=CC=CC1C1=NC(n2c3ccccc3c3c2ccc2c4ccccc4n(-c4ccccc4)c23)=NC(c2ccccc2)=CC1. The zero-order valence-electron chi connectivity index (χ0n) is 25.6. The van der Waals surface area contributed by atoms with Gasteiger partial charge in [0.1, 0.15) is 0 Å². The smallest absolute Gasteiger partial charge is 0.235 e. The highest BCUT2D eigenvalue weighted by atomic mass is 15.2. The minimum atomic E-state index is 0.210. The molecule has 4 nitrogen and oxygen atoms in total. The molecule has 0 fully saturated rings. The Morgan fingerprint density at radius 3 is 2.04 bits per heavy atom. The van der Waals surface area contributed by atoms with Gasteiger partial charge in [-0.3, -0.25) is 4.57 Å². The highest BCUT2D eigenvalue weighted by Gasteiger charge is 2.26. The van der Waals surface area contributed by atoms with E-state index < -0.39 is 0 Å². The fourth-order valence-electron chi connectivity index (χ4n) is 7.36. The number of aliphatic imine (C=N–C) groups is 2. The predicted molar refractivity (Wildman–Crippen MR) is 194 cm³/mol. The largest absolute Gasteiger partial charge is 0.309 e. The quantitative estimate of drug-likeness (QED) is 0.196. The summed E-state index contributed by atoms with van der Waals surface area (Å²) in [6.45, 7) is 2.27. The maximum Gasteiger partial charge on any atom is 0.235 e. The molecule has 0 saturated carbocycles. The van der Waals surface area contributed by atoms with Crippen LogP contribution < -0.4 is 0 Å². The summed E-state index contributed by atoms with van der Waals surface area (Å²) in [6.07, 6.45) is 11.8. The van der Waals surface area contributed by atoms with Crippen molar-refractivity contribution < 1.29 is 0 Å². The van der Waals surface area contributed by atoms with Crippen molar-refractivity contribution in [1.29, 1.82) is 0 Å². The zero-order chi connectivity index (χ0) is 30.6. The Morgan fingerprint density at radius 2 is 1.26 bits per heavy atom. The molecule has 2 aromatic heterocycles. The Labute approximate surface area is 267 Å². The molecule has 220 valence electrons. The number of hydrogen-bond acceptors (Lipinski definition) is 2. The lowest BCUT2D eigenvalue weighted by Gasteiger charge is -2.22. The number of fused-ring (bicyclic) bond motifs is 7. The fourth-order valence-corrected chi connectivity index (χ4v) is 7.36. The molecule has 4 heteroatoms. The summed E-state index contributed by atoms with van der Waals surface area (Å²) in [5.74, 6) is 1.27. The van der Waals surface area contributed by atoms with Crippen LogP contribution >= 0.6 is 0 Å². The summed E-state index contributed by atoms with van der Waals surface area (Å²) in [5.41, 5.74) is 8.90. The van der Waals surface area contributed by atoms with Crippen molar-refractivity contribution in [3.63, 3.8) is 0 Å². The van der Waals surface area contributed by atoms with Crippen LogP contribution in [0.2, 0.25) is 0 Å². The number of allylic oxidation sites excluding steroid dienone is 5. The maximum atomic E-state index is 5.46. The van der Waals surface area contributed by atoms with Crippen LogP contribution in [0.3, 0.4) is 0 Å². The molecule has 0 bridgehead atoms. The van der Waals surface area contributed by atoms with Gasteiger partial charge in [-0.25, -0.2) is 9.98 Å². The van der Waals surface area contributed by atoms with Gasteiger partial charge in [-0.1, -0.05) is 128 Å². The van der Waals surface area contributed by atoms with Crippen molar-refractivity contribution in [3.05, 3.63) is 157 Å². The van der Waals surface area contributed by atoms with Crippen molar-refractivity contribution in [1.82, 2.24) is 9.13 Å². The van der Waals surface area contributed by atoms with Gasteiger partial charge in [-0.15, -0.1) is 0 Å². The van der Waals surface area contributed by atoms with Gasteiger partial charge in [0.2, 0.25) is 5.96 Å². The monoisotopic (exact) mass is 592 g/mol. The number of hydrogen-bond donors (Lipinski definition) is 0. The van der Waals surface area contributed by atoms with Gasteiger partial charge in [0, 0.05) is 45.3 Å². The van der Waals surface area contributed by atoms with Crippen LogP contribution in [-0.4, -0.2) is 20.8 Å². The molecule has 5 aromatic carbocycles. The summed E-state index contributed by atoms with van der Waals surface area (Å²) >= 11 is 0. The third-order valence-electron chi connectivity index (χ3n) is 9.52. The van der Waals surface area contributed by atoms with Crippen LogP contribution in [-0.2, 0) is 0 Å². The molecule has 1 aliphatic heterocycles. The molecule has 0 radical (unpaired) electrons. The molecule has 0 N–H and O–H groups in total. The van der Waals surface area contributed by atoms with Gasteiger partial charge in [-0.05, 0) is 41.8 Å². The van der Waals surface area contributed by atoms with Crippen LogP contribution in [0.15, 0.2) is 162 Å². The van der Waals surface area contributed by atoms with E-state index >= 15 is 0 Å². The second-order valence-corrected chi connectivity index (χ2v) is 12.2. The van der Waals surface area contributed by atoms with Gasteiger partial charge in [0.15, 0.2) is 0 Å². The highest BCUT2D eigenvalue weighted by Crippen LogP contribution is 2.41. The average Bonchev–Trinajstić information content (AvgIpc) is 3.53.